The Hall–Kier alpha value is -4.73. The summed E-state index contributed by atoms with van der Waals surface area (Å²) in [6.07, 6.45) is 0. The van der Waals surface area contributed by atoms with Crippen LogP contribution in [-0.2, 0) is 14.1 Å². The van der Waals surface area contributed by atoms with E-state index in [1.54, 1.807) is 43.4 Å². The summed E-state index contributed by atoms with van der Waals surface area (Å²) < 4.78 is 8.94. The first-order chi connectivity index (χ1) is 19.8. The highest BCUT2D eigenvalue weighted by Gasteiger charge is 2.42. The van der Waals surface area contributed by atoms with E-state index in [1.165, 1.54) is 23.0 Å². The van der Waals surface area contributed by atoms with Crippen molar-refractivity contribution in [3.8, 4) is 5.75 Å². The number of fused-ring (bicyclic) bond motifs is 4. The number of Topliss-reactive ketones (excluding diaryl/α,β-unsaturated/α-hetero) is 1. The number of ether oxygens (including phenoxy) is 1. The normalized spacial score (nSPS) is 15.4. The van der Waals surface area contributed by atoms with Crippen LogP contribution < -0.4 is 21.3 Å². The van der Waals surface area contributed by atoms with Crippen molar-refractivity contribution in [3.63, 3.8) is 0 Å². The number of esters is 1. The van der Waals surface area contributed by atoms with Crippen LogP contribution in [0.5, 0.6) is 5.75 Å². The van der Waals surface area contributed by atoms with Gasteiger partial charge in [0.1, 0.15) is 16.4 Å². The van der Waals surface area contributed by atoms with E-state index in [0.717, 1.165) is 14.7 Å². The van der Waals surface area contributed by atoms with Gasteiger partial charge in [0.25, 0.3) is 5.56 Å². The van der Waals surface area contributed by atoms with Crippen LogP contribution in [0.1, 0.15) is 42.6 Å². The number of carbonyl (C=O) groups is 2. The molecule has 10 heteroatoms. The Morgan fingerprint density at radius 1 is 0.902 bits per heavy atom. The summed E-state index contributed by atoms with van der Waals surface area (Å²) >= 11 is 7.72. The second kappa shape index (κ2) is 9.15. The Morgan fingerprint density at radius 3 is 2.32 bits per heavy atom. The quantitative estimate of drug-likeness (QED) is 0.228. The molecule has 0 spiro atoms. The maximum atomic E-state index is 13.7. The first-order valence-corrected chi connectivity index (χ1v) is 13.9. The molecule has 1 N–H and O–H groups in total. The van der Waals surface area contributed by atoms with Crippen molar-refractivity contribution in [1.82, 2.24) is 9.13 Å². The minimum Gasteiger partial charge on any atom is -0.422 e. The third-order valence-electron chi connectivity index (χ3n) is 7.62. The molecule has 0 fully saturated rings. The lowest BCUT2D eigenvalue weighted by Crippen LogP contribution is -2.42. The number of hydrogen-bond donors (Lipinski definition) is 1. The number of carbonyl (C=O) groups excluding carboxylic acids is 2. The van der Waals surface area contributed by atoms with Gasteiger partial charge in [-0.3, -0.25) is 18.7 Å². The number of thiophene rings is 1. The molecule has 202 valence electrons. The minimum atomic E-state index is -0.756. The molecule has 1 aliphatic heterocycles. The predicted octanol–water partition coefficient (Wildman–Crippen LogP) is 5.34. The van der Waals surface area contributed by atoms with E-state index in [4.69, 9.17) is 16.3 Å². The van der Waals surface area contributed by atoms with Crippen molar-refractivity contribution < 1.29 is 14.3 Å². The third kappa shape index (κ3) is 3.66. The summed E-state index contributed by atoms with van der Waals surface area (Å²) in [5, 5.41) is 4.35. The van der Waals surface area contributed by atoms with E-state index >= 15 is 0 Å². The number of aromatic nitrogens is 2. The van der Waals surface area contributed by atoms with Gasteiger partial charge >= 0.3 is 11.7 Å². The van der Waals surface area contributed by atoms with Crippen molar-refractivity contribution in [2.24, 2.45) is 14.1 Å². The maximum Gasteiger partial charge on any atom is 0.355 e. The number of anilines is 1. The third-order valence-corrected chi connectivity index (χ3v) is 9.27. The molecule has 2 aromatic heterocycles. The van der Waals surface area contributed by atoms with Gasteiger partial charge < -0.3 is 10.1 Å². The Balaban J connectivity index is 1.31. The molecule has 0 saturated carbocycles. The van der Waals surface area contributed by atoms with Crippen LogP contribution in [0.2, 0.25) is 5.02 Å². The molecule has 41 heavy (non-hydrogen) atoms. The first-order valence-electron chi connectivity index (χ1n) is 12.7. The SMILES string of the molecule is Cn1c2c(c(=O)n(C)c1=O)[C@H](c1ccc(OC(=O)c3sc4ccccc4c3Cl)cc1)C1=C(N2)c2ccccc2C1=O. The van der Waals surface area contributed by atoms with Crippen molar-refractivity contribution in [2.45, 2.75) is 5.92 Å². The number of halogens is 1. The molecule has 1 aliphatic carbocycles. The number of ketones is 1. The van der Waals surface area contributed by atoms with Crippen molar-refractivity contribution in [2.75, 3.05) is 5.32 Å². The van der Waals surface area contributed by atoms with Crippen LogP contribution in [0, 0.1) is 0 Å². The molecular weight excluding hydrogens is 562 g/mol. The predicted molar refractivity (Wildman–Crippen MR) is 158 cm³/mol. The first kappa shape index (κ1) is 25.3. The Kier molecular flexibility index (Phi) is 5.64. The molecule has 3 heterocycles. The summed E-state index contributed by atoms with van der Waals surface area (Å²) in [6, 6.07) is 21.4. The van der Waals surface area contributed by atoms with E-state index < -0.39 is 23.1 Å². The van der Waals surface area contributed by atoms with Gasteiger partial charge in [-0.15, -0.1) is 11.3 Å². The highest BCUT2D eigenvalue weighted by atomic mass is 35.5. The minimum absolute atomic E-state index is 0.190. The fourth-order valence-electron chi connectivity index (χ4n) is 5.62. The van der Waals surface area contributed by atoms with Crippen LogP contribution in [0.4, 0.5) is 5.82 Å². The lowest BCUT2D eigenvalue weighted by atomic mass is 9.81. The van der Waals surface area contributed by atoms with Crippen LogP contribution in [0.25, 0.3) is 15.8 Å². The van der Waals surface area contributed by atoms with Gasteiger partial charge in [-0.05, 0) is 23.8 Å². The lowest BCUT2D eigenvalue weighted by Gasteiger charge is -2.29. The van der Waals surface area contributed by atoms with Crippen molar-refractivity contribution in [3.05, 3.63) is 131 Å². The number of benzene rings is 3. The summed E-state index contributed by atoms with van der Waals surface area (Å²) in [5.41, 5.74) is 2.18. The van der Waals surface area contributed by atoms with Crippen LogP contribution in [-0.4, -0.2) is 20.9 Å². The molecule has 2 aliphatic rings. The largest absolute Gasteiger partial charge is 0.422 e. The van der Waals surface area contributed by atoms with E-state index in [-0.39, 0.29) is 17.1 Å². The summed E-state index contributed by atoms with van der Waals surface area (Å²) in [5.74, 6) is -0.907. The van der Waals surface area contributed by atoms with E-state index in [2.05, 4.69) is 5.32 Å². The second-order valence-electron chi connectivity index (χ2n) is 9.89. The van der Waals surface area contributed by atoms with Gasteiger partial charge in [0.05, 0.1) is 16.3 Å². The fourth-order valence-corrected chi connectivity index (χ4v) is 7.00. The lowest BCUT2D eigenvalue weighted by molar-refractivity contribution is 0.0740. The second-order valence-corrected chi connectivity index (χ2v) is 11.3. The zero-order valence-electron chi connectivity index (χ0n) is 21.7. The van der Waals surface area contributed by atoms with Crippen LogP contribution in [0.3, 0.4) is 0 Å². The van der Waals surface area contributed by atoms with Crippen molar-refractivity contribution in [1.29, 1.82) is 0 Å². The molecule has 0 amide bonds. The van der Waals surface area contributed by atoms with Gasteiger partial charge in [-0.1, -0.05) is 66.2 Å². The zero-order chi connectivity index (χ0) is 28.6. The van der Waals surface area contributed by atoms with Gasteiger partial charge in [0, 0.05) is 46.8 Å². The summed E-state index contributed by atoms with van der Waals surface area (Å²) in [6.45, 7) is 0. The average molecular weight is 582 g/mol. The van der Waals surface area contributed by atoms with Gasteiger partial charge in [-0.2, -0.15) is 0 Å². The Bertz CT molecular complexity index is 2120. The van der Waals surface area contributed by atoms with Gasteiger partial charge in [0.15, 0.2) is 5.78 Å². The molecule has 0 radical (unpaired) electrons. The van der Waals surface area contributed by atoms with E-state index in [0.29, 0.717) is 43.7 Å². The molecule has 7 rings (SSSR count). The summed E-state index contributed by atoms with van der Waals surface area (Å²) in [7, 11) is 3.00. The van der Waals surface area contributed by atoms with Crippen LogP contribution >= 0.6 is 22.9 Å². The molecule has 3 aromatic carbocycles. The highest BCUT2D eigenvalue weighted by Crippen LogP contribution is 2.48. The average Bonchev–Trinajstić information content (AvgIpc) is 3.48. The number of rotatable bonds is 3. The Morgan fingerprint density at radius 2 is 1.59 bits per heavy atom. The highest BCUT2D eigenvalue weighted by molar-refractivity contribution is 7.21. The molecule has 5 aromatic rings. The molecule has 0 bridgehead atoms. The fraction of sp³-hybridized carbons (Fsp3) is 0.0968. The number of allylic oxidation sites excluding steroid dienone is 1. The molecular formula is C31H20ClN3O5S. The standard InChI is InChI=1S/C31H20ClN3O5S/c1-34-28-23(29(37)35(2)31(34)39)21(22-25(33-28)17-7-3-4-8-18(17)26(22)36)15-11-13-16(14-12-15)40-30(38)27-24(32)19-9-5-6-10-20(19)41-27/h3-14,21,33H,1-2H3/t21-/m1/s1. The molecule has 8 nitrogen and oxygen atoms in total. The number of hydrogen-bond acceptors (Lipinski definition) is 7. The maximum absolute atomic E-state index is 13.7. The zero-order valence-corrected chi connectivity index (χ0v) is 23.3. The van der Waals surface area contributed by atoms with E-state index in [9.17, 15) is 19.2 Å². The topological polar surface area (TPSA) is 99.4 Å². The van der Waals surface area contributed by atoms with Crippen LogP contribution in [0.15, 0.2) is 88.0 Å². The number of nitrogens with one attached hydrogen (secondary N) is 1. The molecule has 1 atom stereocenters. The van der Waals surface area contributed by atoms with Gasteiger partial charge in [-0.25, -0.2) is 9.59 Å². The monoisotopic (exact) mass is 581 g/mol. The van der Waals surface area contributed by atoms with E-state index in [1.807, 2.05) is 36.4 Å². The van der Waals surface area contributed by atoms with Crippen molar-refractivity contribution >= 4 is 56.3 Å². The number of nitrogens with zero attached hydrogens (tertiary/aromatic N) is 2. The smallest absolute Gasteiger partial charge is 0.355 e. The molecule has 0 unspecified atom stereocenters. The van der Waals surface area contributed by atoms with Gasteiger partial charge in [0.2, 0.25) is 0 Å². The molecule has 0 saturated heterocycles. The summed E-state index contributed by atoms with van der Waals surface area (Å²) in [4.78, 5) is 53.3. The Labute approximate surface area is 241 Å².